The first-order chi connectivity index (χ1) is 11.4. The summed E-state index contributed by atoms with van der Waals surface area (Å²) in [6, 6.07) is 5.36. The van der Waals surface area contributed by atoms with Crippen LogP contribution in [0.4, 0.5) is 5.69 Å². The number of nitrogens with one attached hydrogen (secondary N) is 1. The van der Waals surface area contributed by atoms with E-state index >= 15 is 0 Å². The zero-order valence-electron chi connectivity index (χ0n) is 14.0. The molecule has 2 aromatic rings. The number of thioether (sulfide) groups is 1. The molecule has 0 saturated heterocycles. The summed E-state index contributed by atoms with van der Waals surface area (Å²) in [7, 11) is 0. The molecule has 0 aliphatic heterocycles. The van der Waals surface area contributed by atoms with Crippen LogP contribution in [0.5, 0.6) is 0 Å². The van der Waals surface area contributed by atoms with Crippen LogP contribution in [-0.2, 0) is 4.79 Å². The van der Waals surface area contributed by atoms with Crippen LogP contribution in [0.1, 0.15) is 37.8 Å². The van der Waals surface area contributed by atoms with Crippen LogP contribution >= 0.6 is 23.4 Å². The average Bonchev–Trinajstić information content (AvgIpc) is 2.98. The number of benzene rings is 1. The van der Waals surface area contributed by atoms with Crippen molar-refractivity contribution in [1.82, 2.24) is 10.2 Å². The van der Waals surface area contributed by atoms with Crippen molar-refractivity contribution in [2.24, 2.45) is 5.92 Å². The molecule has 0 fully saturated rings. The molecular formula is C16H22ClN4O2S+. The molecule has 1 aromatic heterocycles. The highest BCUT2D eigenvalue weighted by Crippen LogP contribution is 2.24. The smallest absolute Gasteiger partial charge is 0.277 e. The normalized spacial score (nSPS) is 12.4. The van der Waals surface area contributed by atoms with E-state index in [0.717, 1.165) is 12.0 Å². The molecule has 0 aliphatic carbocycles. The summed E-state index contributed by atoms with van der Waals surface area (Å²) in [6.45, 7) is 6.09. The molecule has 0 unspecified atom stereocenters. The van der Waals surface area contributed by atoms with Gasteiger partial charge in [0.15, 0.2) is 6.04 Å². The fourth-order valence-corrected chi connectivity index (χ4v) is 2.91. The van der Waals surface area contributed by atoms with Crippen molar-refractivity contribution in [3.63, 3.8) is 0 Å². The molecule has 0 saturated carbocycles. The fraction of sp³-hybridized carbons (Fsp3) is 0.438. The Morgan fingerprint density at radius 2 is 2.17 bits per heavy atom. The summed E-state index contributed by atoms with van der Waals surface area (Å²) in [6.07, 6.45) is 0.876. The van der Waals surface area contributed by atoms with E-state index < -0.39 is 0 Å². The summed E-state index contributed by atoms with van der Waals surface area (Å²) in [4.78, 5) is 12.1. The Morgan fingerprint density at radius 1 is 1.42 bits per heavy atom. The highest BCUT2D eigenvalue weighted by molar-refractivity contribution is 7.99. The molecule has 2 rings (SSSR count). The molecule has 130 valence electrons. The van der Waals surface area contributed by atoms with E-state index in [1.165, 1.54) is 11.8 Å². The summed E-state index contributed by atoms with van der Waals surface area (Å²) in [5.41, 5.74) is 5.58. The van der Waals surface area contributed by atoms with Crippen molar-refractivity contribution in [3.05, 3.63) is 34.7 Å². The van der Waals surface area contributed by atoms with Gasteiger partial charge in [0.1, 0.15) is 0 Å². The lowest BCUT2D eigenvalue weighted by Crippen LogP contribution is -2.54. The Morgan fingerprint density at radius 3 is 2.88 bits per heavy atom. The number of halogens is 1. The van der Waals surface area contributed by atoms with Crippen molar-refractivity contribution < 1.29 is 14.9 Å². The molecule has 0 spiro atoms. The van der Waals surface area contributed by atoms with Crippen LogP contribution in [0, 0.1) is 12.8 Å². The van der Waals surface area contributed by atoms with Crippen LogP contribution in [-0.4, -0.2) is 21.9 Å². The third-order valence-corrected chi connectivity index (χ3v) is 4.62. The van der Waals surface area contributed by atoms with E-state index in [9.17, 15) is 4.79 Å². The van der Waals surface area contributed by atoms with Gasteiger partial charge in [0, 0.05) is 17.1 Å². The van der Waals surface area contributed by atoms with Gasteiger partial charge in [-0.1, -0.05) is 43.3 Å². The van der Waals surface area contributed by atoms with Crippen LogP contribution in [0.3, 0.4) is 0 Å². The zero-order valence-corrected chi connectivity index (χ0v) is 15.6. The van der Waals surface area contributed by atoms with Crippen molar-refractivity contribution in [2.45, 2.75) is 38.5 Å². The highest BCUT2D eigenvalue weighted by atomic mass is 35.5. The van der Waals surface area contributed by atoms with Gasteiger partial charge in [0.05, 0.1) is 5.75 Å². The van der Waals surface area contributed by atoms with Gasteiger partial charge in [-0.3, -0.25) is 4.79 Å². The minimum Gasteiger partial charge on any atom is -0.410 e. The summed E-state index contributed by atoms with van der Waals surface area (Å²) in [5.74, 6) is 1.04. The van der Waals surface area contributed by atoms with Crippen molar-refractivity contribution in [1.29, 1.82) is 0 Å². The predicted octanol–water partition coefficient (Wildman–Crippen LogP) is 3.09. The Bertz CT molecular complexity index is 705. The van der Waals surface area contributed by atoms with Gasteiger partial charge >= 0.3 is 0 Å². The van der Waals surface area contributed by atoms with Crippen LogP contribution in [0.15, 0.2) is 27.8 Å². The second-order valence-corrected chi connectivity index (χ2v) is 7.32. The first-order valence-electron chi connectivity index (χ1n) is 7.71. The summed E-state index contributed by atoms with van der Waals surface area (Å²) >= 11 is 7.24. The molecule has 1 heterocycles. The third kappa shape index (κ3) is 5.22. The zero-order chi connectivity index (χ0) is 17.7. The van der Waals surface area contributed by atoms with Crippen LogP contribution in [0.25, 0.3) is 0 Å². The number of carbonyl (C=O) groups is 1. The van der Waals surface area contributed by atoms with Gasteiger partial charge in [-0.15, -0.1) is 10.2 Å². The number of nitrogens with zero attached hydrogens (tertiary/aromatic N) is 2. The molecule has 6 nitrogen and oxygen atoms in total. The van der Waals surface area contributed by atoms with Gasteiger partial charge in [0.2, 0.25) is 5.91 Å². The SMILES string of the molecule is Cc1c(Cl)cccc1NC(=O)CSc1nnc([C@@H]([NH3+])CC(C)C)o1. The molecule has 0 bridgehead atoms. The number of quaternary nitrogens is 1. The van der Waals surface area contributed by atoms with Gasteiger partial charge in [0.25, 0.3) is 11.1 Å². The quantitative estimate of drug-likeness (QED) is 0.731. The molecule has 1 atom stereocenters. The monoisotopic (exact) mass is 369 g/mol. The molecule has 1 aromatic carbocycles. The van der Waals surface area contributed by atoms with Crippen molar-refractivity contribution >= 4 is 35.0 Å². The van der Waals surface area contributed by atoms with Gasteiger partial charge in [-0.2, -0.15) is 0 Å². The lowest BCUT2D eigenvalue weighted by Gasteiger charge is -2.08. The fourth-order valence-electron chi connectivity index (χ4n) is 2.17. The number of rotatable bonds is 7. The number of carbonyl (C=O) groups excluding carboxylic acids is 1. The Labute approximate surface area is 150 Å². The predicted molar refractivity (Wildman–Crippen MR) is 94.9 cm³/mol. The third-order valence-electron chi connectivity index (χ3n) is 3.40. The topological polar surface area (TPSA) is 95.7 Å². The molecule has 1 amide bonds. The first-order valence-corrected chi connectivity index (χ1v) is 9.07. The number of amides is 1. The number of hydrogen-bond donors (Lipinski definition) is 2. The van der Waals surface area contributed by atoms with Gasteiger partial charge in [-0.25, -0.2) is 0 Å². The van der Waals surface area contributed by atoms with Crippen LogP contribution in [0.2, 0.25) is 5.02 Å². The second-order valence-electron chi connectivity index (χ2n) is 5.98. The largest absolute Gasteiger partial charge is 0.410 e. The van der Waals surface area contributed by atoms with E-state index in [1.54, 1.807) is 12.1 Å². The number of aromatic nitrogens is 2. The van der Waals surface area contributed by atoms with Crippen molar-refractivity contribution in [2.75, 3.05) is 11.1 Å². The molecule has 4 N–H and O–H groups in total. The lowest BCUT2D eigenvalue weighted by atomic mass is 10.1. The van der Waals surface area contributed by atoms with Gasteiger partial charge in [-0.05, 0) is 30.5 Å². The highest BCUT2D eigenvalue weighted by Gasteiger charge is 2.19. The maximum atomic E-state index is 12.1. The van der Waals surface area contributed by atoms with Gasteiger partial charge < -0.3 is 15.5 Å². The maximum Gasteiger partial charge on any atom is 0.277 e. The first kappa shape index (κ1) is 18.8. The number of anilines is 1. The summed E-state index contributed by atoms with van der Waals surface area (Å²) < 4.78 is 5.57. The second kappa shape index (κ2) is 8.50. The minimum atomic E-state index is -0.154. The maximum absolute atomic E-state index is 12.1. The molecule has 8 heteroatoms. The van der Waals surface area contributed by atoms with Crippen LogP contribution < -0.4 is 11.1 Å². The lowest BCUT2D eigenvalue weighted by molar-refractivity contribution is -0.435. The Hall–Kier alpha value is -1.57. The molecule has 0 aliphatic rings. The van der Waals surface area contributed by atoms with E-state index in [2.05, 4.69) is 35.1 Å². The van der Waals surface area contributed by atoms with E-state index in [1.807, 2.05) is 13.0 Å². The number of hydrogen-bond acceptors (Lipinski definition) is 5. The van der Waals surface area contributed by atoms with E-state index in [4.69, 9.17) is 16.0 Å². The van der Waals surface area contributed by atoms with Crippen molar-refractivity contribution in [3.8, 4) is 0 Å². The minimum absolute atomic E-state index is 0.0326. The Kier molecular flexibility index (Phi) is 6.65. The van der Waals surface area contributed by atoms with E-state index in [-0.39, 0.29) is 17.7 Å². The molecular weight excluding hydrogens is 348 g/mol. The standard InChI is InChI=1S/C16H21ClN4O2S/c1-9(2)7-12(18)15-20-21-16(23-15)24-8-14(22)19-13-6-4-5-11(17)10(13)3/h4-6,9,12H,7-8,18H2,1-3H3,(H,19,22)/p+1/t12-/m0/s1. The van der Waals surface area contributed by atoms with E-state index in [0.29, 0.717) is 27.7 Å². The molecule has 24 heavy (non-hydrogen) atoms. The Balaban J connectivity index is 1.88. The average molecular weight is 370 g/mol. The molecule has 0 radical (unpaired) electrons. The summed E-state index contributed by atoms with van der Waals surface area (Å²) in [5, 5.41) is 11.8.